The van der Waals surface area contributed by atoms with Crippen LogP contribution in [0.5, 0.6) is 0 Å². The maximum Gasteiger partial charge on any atom is 0.379 e. The summed E-state index contributed by atoms with van der Waals surface area (Å²) in [4.78, 5) is 26.8. The Kier molecular flexibility index (Phi) is 2.44. The van der Waals surface area contributed by atoms with Crippen molar-refractivity contribution in [3.63, 3.8) is 0 Å². The van der Waals surface area contributed by atoms with E-state index in [2.05, 4.69) is 9.72 Å². The van der Waals surface area contributed by atoms with E-state index in [1.54, 1.807) is 19.1 Å². The van der Waals surface area contributed by atoms with Crippen LogP contribution in [0.2, 0.25) is 0 Å². The molecule has 16 heavy (non-hydrogen) atoms. The van der Waals surface area contributed by atoms with Crippen molar-refractivity contribution in [2.24, 2.45) is 0 Å². The van der Waals surface area contributed by atoms with Gasteiger partial charge in [-0.25, -0.2) is 9.78 Å². The zero-order chi connectivity index (χ0) is 11.7. The van der Waals surface area contributed by atoms with Crippen LogP contribution in [0.1, 0.15) is 16.2 Å². The van der Waals surface area contributed by atoms with E-state index in [0.717, 1.165) is 7.11 Å². The van der Waals surface area contributed by atoms with Gasteiger partial charge in [-0.15, -0.1) is 0 Å². The van der Waals surface area contributed by atoms with Gasteiger partial charge in [-0.3, -0.25) is 4.79 Å². The van der Waals surface area contributed by atoms with Crippen LogP contribution < -0.4 is 0 Å². The Morgan fingerprint density at radius 2 is 2.12 bits per heavy atom. The number of hydrogen-bond acceptors (Lipinski definition) is 5. The Morgan fingerprint density at radius 1 is 1.38 bits per heavy atom. The number of benzene rings is 1. The van der Waals surface area contributed by atoms with Gasteiger partial charge < -0.3 is 9.15 Å². The van der Waals surface area contributed by atoms with E-state index in [-0.39, 0.29) is 5.56 Å². The minimum atomic E-state index is -0.909. The second-order valence-electron chi connectivity index (χ2n) is 3.21. The summed E-state index contributed by atoms with van der Waals surface area (Å²) in [6.07, 6.45) is 0. The van der Waals surface area contributed by atoms with Gasteiger partial charge in [0.1, 0.15) is 5.52 Å². The van der Waals surface area contributed by atoms with E-state index in [1.807, 2.05) is 0 Å². The maximum atomic E-state index is 11.6. The van der Waals surface area contributed by atoms with E-state index < -0.39 is 11.8 Å². The lowest BCUT2D eigenvalue weighted by Gasteiger charge is -1.98. The molecule has 0 aliphatic heterocycles. The van der Waals surface area contributed by atoms with Crippen molar-refractivity contribution in [3.05, 3.63) is 29.7 Å². The quantitative estimate of drug-likeness (QED) is 0.435. The first kappa shape index (κ1) is 10.4. The summed E-state index contributed by atoms with van der Waals surface area (Å²) in [7, 11) is 1.16. The molecule has 1 heterocycles. The molecule has 0 saturated heterocycles. The number of rotatable bonds is 2. The van der Waals surface area contributed by atoms with E-state index >= 15 is 0 Å². The zero-order valence-electron chi connectivity index (χ0n) is 8.81. The van der Waals surface area contributed by atoms with Gasteiger partial charge in [-0.1, -0.05) is 6.07 Å². The summed E-state index contributed by atoms with van der Waals surface area (Å²) >= 11 is 0. The molecule has 0 atom stereocenters. The van der Waals surface area contributed by atoms with E-state index in [1.165, 1.54) is 6.07 Å². The van der Waals surface area contributed by atoms with Crippen LogP contribution in [0.4, 0.5) is 0 Å². The Bertz CT molecular complexity index is 570. The minimum Gasteiger partial charge on any atom is -0.463 e. The first-order valence-corrected chi connectivity index (χ1v) is 4.62. The van der Waals surface area contributed by atoms with E-state index in [0.29, 0.717) is 17.0 Å². The number of nitrogens with zero attached hydrogens (tertiary/aromatic N) is 1. The molecule has 0 amide bonds. The molecule has 5 heteroatoms. The number of ketones is 1. The van der Waals surface area contributed by atoms with Gasteiger partial charge >= 0.3 is 5.97 Å². The molecule has 0 aliphatic carbocycles. The Hall–Kier alpha value is -2.17. The van der Waals surface area contributed by atoms with Crippen LogP contribution in [-0.4, -0.2) is 23.8 Å². The molecule has 5 nitrogen and oxygen atoms in total. The van der Waals surface area contributed by atoms with Crippen molar-refractivity contribution in [1.82, 2.24) is 4.98 Å². The standard InChI is InChI=1S/C11H9NO4/c1-6-12-9-7(10(13)11(14)15-2)4-3-5-8(9)16-6/h3-5H,1-2H3. The Balaban J connectivity index is 2.60. The van der Waals surface area contributed by atoms with Crippen molar-refractivity contribution in [3.8, 4) is 0 Å². The predicted octanol–water partition coefficient (Wildman–Crippen LogP) is 1.49. The molecular weight excluding hydrogens is 210 g/mol. The van der Waals surface area contributed by atoms with Gasteiger partial charge in [0.2, 0.25) is 0 Å². The van der Waals surface area contributed by atoms with Crippen LogP contribution in [0.15, 0.2) is 22.6 Å². The fourth-order valence-electron chi connectivity index (χ4n) is 1.45. The molecule has 0 bridgehead atoms. The monoisotopic (exact) mass is 219 g/mol. The first-order valence-electron chi connectivity index (χ1n) is 4.62. The third-order valence-electron chi connectivity index (χ3n) is 2.14. The second-order valence-corrected chi connectivity index (χ2v) is 3.21. The molecule has 0 spiro atoms. The van der Waals surface area contributed by atoms with Gasteiger partial charge in [0, 0.05) is 6.92 Å². The molecule has 0 saturated carbocycles. The van der Waals surface area contributed by atoms with Crippen LogP contribution in [-0.2, 0) is 9.53 Å². The topological polar surface area (TPSA) is 69.4 Å². The summed E-state index contributed by atoms with van der Waals surface area (Å²) in [6.45, 7) is 1.67. The van der Waals surface area contributed by atoms with Gasteiger partial charge in [-0.2, -0.15) is 0 Å². The van der Waals surface area contributed by atoms with Crippen molar-refractivity contribution < 1.29 is 18.7 Å². The highest BCUT2D eigenvalue weighted by Gasteiger charge is 2.21. The number of aromatic nitrogens is 1. The van der Waals surface area contributed by atoms with Crippen LogP contribution in [0.3, 0.4) is 0 Å². The molecule has 2 rings (SSSR count). The van der Waals surface area contributed by atoms with Crippen LogP contribution in [0, 0.1) is 6.92 Å². The molecular formula is C11H9NO4. The molecule has 0 aliphatic rings. The third kappa shape index (κ3) is 1.56. The van der Waals surface area contributed by atoms with Gasteiger partial charge in [0.25, 0.3) is 5.78 Å². The number of ether oxygens (including phenoxy) is 1. The van der Waals surface area contributed by atoms with Gasteiger partial charge in [-0.05, 0) is 12.1 Å². The molecule has 1 aromatic heterocycles. The molecule has 1 aromatic carbocycles. The number of fused-ring (bicyclic) bond motifs is 1. The molecule has 0 fully saturated rings. The summed E-state index contributed by atoms with van der Waals surface area (Å²) in [5.41, 5.74) is 1.06. The molecule has 82 valence electrons. The average Bonchev–Trinajstić information content (AvgIpc) is 2.66. The summed E-state index contributed by atoms with van der Waals surface area (Å²) in [5, 5.41) is 0. The zero-order valence-corrected chi connectivity index (χ0v) is 8.81. The second kappa shape index (κ2) is 3.77. The fraction of sp³-hybridized carbons (Fsp3) is 0.182. The fourth-order valence-corrected chi connectivity index (χ4v) is 1.45. The van der Waals surface area contributed by atoms with Gasteiger partial charge in [0.05, 0.1) is 12.7 Å². The normalized spacial score (nSPS) is 10.4. The molecule has 0 N–H and O–H groups in total. The SMILES string of the molecule is COC(=O)C(=O)c1cccc2oc(C)nc12. The smallest absolute Gasteiger partial charge is 0.379 e. The van der Waals surface area contributed by atoms with Gasteiger partial charge in [0.15, 0.2) is 11.5 Å². The van der Waals surface area contributed by atoms with Crippen LogP contribution in [0.25, 0.3) is 11.1 Å². The molecule has 2 aromatic rings. The largest absolute Gasteiger partial charge is 0.463 e. The Labute approximate surface area is 91.0 Å². The number of hydrogen-bond donors (Lipinski definition) is 0. The highest BCUT2D eigenvalue weighted by molar-refractivity contribution is 6.42. The van der Waals surface area contributed by atoms with Crippen molar-refractivity contribution in [2.45, 2.75) is 6.92 Å². The van der Waals surface area contributed by atoms with E-state index in [9.17, 15) is 9.59 Å². The highest BCUT2D eigenvalue weighted by atomic mass is 16.5. The Morgan fingerprint density at radius 3 is 2.81 bits per heavy atom. The summed E-state index contributed by atoms with van der Waals surface area (Å²) in [6, 6.07) is 4.83. The number of esters is 1. The molecule has 0 unspecified atom stereocenters. The number of methoxy groups -OCH3 is 1. The predicted molar refractivity (Wildman–Crippen MR) is 55.1 cm³/mol. The lowest BCUT2D eigenvalue weighted by atomic mass is 10.1. The number of aryl methyl sites for hydroxylation is 1. The highest BCUT2D eigenvalue weighted by Crippen LogP contribution is 2.19. The maximum absolute atomic E-state index is 11.6. The number of oxazole rings is 1. The minimum absolute atomic E-state index is 0.196. The summed E-state index contributed by atoms with van der Waals surface area (Å²) in [5.74, 6) is -1.19. The number of Topliss-reactive ketones (excluding diaryl/α,β-unsaturated/α-hetero) is 1. The van der Waals surface area contributed by atoms with E-state index in [4.69, 9.17) is 4.42 Å². The summed E-state index contributed by atoms with van der Waals surface area (Å²) < 4.78 is 9.63. The van der Waals surface area contributed by atoms with Crippen molar-refractivity contribution in [1.29, 1.82) is 0 Å². The lowest BCUT2D eigenvalue weighted by molar-refractivity contribution is -0.135. The third-order valence-corrected chi connectivity index (χ3v) is 2.14. The van der Waals surface area contributed by atoms with Crippen LogP contribution >= 0.6 is 0 Å². The number of carbonyl (C=O) groups excluding carboxylic acids is 2. The first-order chi connectivity index (χ1) is 7.63. The van der Waals surface area contributed by atoms with Crippen molar-refractivity contribution in [2.75, 3.05) is 7.11 Å². The lowest BCUT2D eigenvalue weighted by Crippen LogP contribution is -2.15. The molecule has 0 radical (unpaired) electrons. The van der Waals surface area contributed by atoms with Crippen molar-refractivity contribution >= 4 is 22.9 Å². The average molecular weight is 219 g/mol. The number of carbonyl (C=O) groups is 2. The number of para-hydroxylation sites is 1.